The van der Waals surface area contributed by atoms with Crippen molar-refractivity contribution in [3.63, 3.8) is 0 Å². The van der Waals surface area contributed by atoms with Crippen LogP contribution in [0.3, 0.4) is 0 Å². The number of benzene rings is 2. The SMILES string of the molecule is C=C.CC(=O)C=C(c1ccc(F)cc1)c1ccc(F)cc1. The number of hydrogen-bond donors (Lipinski definition) is 0. The Hall–Kier alpha value is -2.55. The minimum absolute atomic E-state index is 0.122. The van der Waals surface area contributed by atoms with E-state index in [1.54, 1.807) is 24.3 Å². The maximum Gasteiger partial charge on any atom is 0.153 e. The molecule has 0 atom stereocenters. The Labute approximate surface area is 123 Å². The fourth-order valence-corrected chi connectivity index (χ4v) is 1.80. The van der Waals surface area contributed by atoms with Crippen molar-refractivity contribution in [2.45, 2.75) is 6.92 Å². The van der Waals surface area contributed by atoms with Gasteiger partial charge in [0.05, 0.1) is 0 Å². The van der Waals surface area contributed by atoms with Gasteiger partial charge in [0, 0.05) is 0 Å². The van der Waals surface area contributed by atoms with E-state index in [4.69, 9.17) is 0 Å². The van der Waals surface area contributed by atoms with Crippen molar-refractivity contribution in [2.24, 2.45) is 0 Å². The van der Waals surface area contributed by atoms with Gasteiger partial charge in [0.15, 0.2) is 5.78 Å². The van der Waals surface area contributed by atoms with Crippen molar-refractivity contribution in [2.75, 3.05) is 0 Å². The van der Waals surface area contributed by atoms with E-state index in [9.17, 15) is 13.6 Å². The lowest BCUT2D eigenvalue weighted by Crippen LogP contribution is -1.93. The van der Waals surface area contributed by atoms with E-state index < -0.39 is 0 Å². The second-order valence-corrected chi connectivity index (χ2v) is 4.18. The topological polar surface area (TPSA) is 17.1 Å². The summed E-state index contributed by atoms with van der Waals surface area (Å²) in [6.07, 6.45) is 1.46. The molecule has 0 saturated carbocycles. The Balaban J connectivity index is 0.00000106. The first kappa shape index (κ1) is 16.5. The highest BCUT2D eigenvalue weighted by Crippen LogP contribution is 2.24. The Morgan fingerprint density at radius 1 is 0.857 bits per heavy atom. The molecule has 0 radical (unpaired) electrons. The molecule has 0 heterocycles. The first-order valence-electron chi connectivity index (χ1n) is 6.30. The van der Waals surface area contributed by atoms with E-state index in [1.807, 2.05) is 0 Å². The van der Waals surface area contributed by atoms with E-state index in [2.05, 4.69) is 13.2 Å². The molecular weight excluding hydrogens is 270 g/mol. The molecule has 2 rings (SSSR count). The Kier molecular flexibility index (Phi) is 6.21. The molecule has 0 amide bonds. The lowest BCUT2D eigenvalue weighted by atomic mass is 9.97. The highest BCUT2D eigenvalue weighted by Gasteiger charge is 2.07. The van der Waals surface area contributed by atoms with Crippen molar-refractivity contribution in [1.29, 1.82) is 0 Å². The van der Waals surface area contributed by atoms with Crippen LogP contribution in [0, 0.1) is 11.6 Å². The molecule has 0 unspecified atom stereocenters. The normalized spacial score (nSPS) is 9.29. The zero-order chi connectivity index (χ0) is 15.8. The standard InChI is InChI=1S/C16H12F2O.C2H4/c1-11(19)10-16(12-2-6-14(17)7-3-12)13-4-8-15(18)9-5-13;1-2/h2-10H,1H3;1-2H2. The van der Waals surface area contributed by atoms with Gasteiger partial charge in [-0.1, -0.05) is 24.3 Å². The summed E-state index contributed by atoms with van der Waals surface area (Å²) in [6.45, 7) is 7.44. The van der Waals surface area contributed by atoms with Crippen molar-refractivity contribution in [3.05, 3.63) is 90.5 Å². The van der Waals surface area contributed by atoms with Crippen molar-refractivity contribution in [1.82, 2.24) is 0 Å². The first-order valence-corrected chi connectivity index (χ1v) is 6.30. The maximum atomic E-state index is 12.9. The average Bonchev–Trinajstić information content (AvgIpc) is 2.49. The van der Waals surface area contributed by atoms with Gasteiger partial charge < -0.3 is 0 Å². The smallest absolute Gasteiger partial charge is 0.153 e. The number of halogens is 2. The molecular formula is C18H16F2O. The number of rotatable bonds is 3. The van der Waals surface area contributed by atoms with E-state index in [0.717, 1.165) is 0 Å². The first-order chi connectivity index (χ1) is 10.1. The van der Waals surface area contributed by atoms with E-state index >= 15 is 0 Å². The molecule has 2 aromatic carbocycles. The predicted octanol–water partition coefficient (Wildman–Crippen LogP) is 4.79. The maximum absolute atomic E-state index is 12.9. The fraction of sp³-hybridized carbons (Fsp3) is 0.0556. The molecule has 0 aliphatic heterocycles. The average molecular weight is 286 g/mol. The molecule has 0 aliphatic carbocycles. The van der Waals surface area contributed by atoms with Crippen LogP contribution in [0.4, 0.5) is 8.78 Å². The van der Waals surface area contributed by atoms with Gasteiger partial charge in [-0.05, 0) is 54.0 Å². The van der Waals surface area contributed by atoms with Crippen LogP contribution in [0.5, 0.6) is 0 Å². The molecule has 0 aromatic heterocycles. The number of carbonyl (C=O) groups excluding carboxylic acids is 1. The Morgan fingerprint density at radius 2 is 1.19 bits per heavy atom. The highest BCUT2D eigenvalue weighted by atomic mass is 19.1. The third kappa shape index (κ3) is 4.80. The molecule has 0 N–H and O–H groups in total. The van der Waals surface area contributed by atoms with Crippen LogP contribution >= 0.6 is 0 Å². The quantitative estimate of drug-likeness (QED) is 0.586. The number of allylic oxidation sites excluding steroid dienone is 1. The molecule has 0 aliphatic rings. The van der Waals surface area contributed by atoms with Crippen LogP contribution in [-0.4, -0.2) is 5.78 Å². The van der Waals surface area contributed by atoms with Crippen LogP contribution in [0.25, 0.3) is 5.57 Å². The van der Waals surface area contributed by atoms with Crippen LogP contribution in [-0.2, 0) is 4.79 Å². The van der Waals surface area contributed by atoms with Gasteiger partial charge in [0.1, 0.15) is 11.6 Å². The number of carbonyl (C=O) groups is 1. The van der Waals surface area contributed by atoms with Crippen molar-refractivity contribution >= 4 is 11.4 Å². The van der Waals surface area contributed by atoms with Gasteiger partial charge in [-0.15, -0.1) is 13.2 Å². The molecule has 0 fully saturated rings. The fourth-order valence-electron chi connectivity index (χ4n) is 1.80. The molecule has 108 valence electrons. The lowest BCUT2D eigenvalue weighted by Gasteiger charge is -2.08. The molecule has 21 heavy (non-hydrogen) atoms. The van der Waals surface area contributed by atoms with E-state index in [1.165, 1.54) is 37.3 Å². The number of hydrogen-bond acceptors (Lipinski definition) is 1. The second-order valence-electron chi connectivity index (χ2n) is 4.18. The minimum Gasteiger partial charge on any atom is -0.295 e. The Bertz CT molecular complexity index is 578. The lowest BCUT2D eigenvalue weighted by molar-refractivity contribution is -0.112. The number of ketones is 1. The van der Waals surface area contributed by atoms with E-state index in [-0.39, 0.29) is 17.4 Å². The van der Waals surface area contributed by atoms with Crippen LogP contribution in [0.15, 0.2) is 67.8 Å². The summed E-state index contributed by atoms with van der Waals surface area (Å²) < 4.78 is 25.9. The van der Waals surface area contributed by atoms with Crippen molar-refractivity contribution in [3.8, 4) is 0 Å². The monoisotopic (exact) mass is 286 g/mol. The van der Waals surface area contributed by atoms with Crippen LogP contribution in [0.2, 0.25) is 0 Å². The molecule has 3 heteroatoms. The van der Waals surface area contributed by atoms with Gasteiger partial charge in [0.2, 0.25) is 0 Å². The third-order valence-electron chi connectivity index (χ3n) is 2.66. The summed E-state index contributed by atoms with van der Waals surface area (Å²) >= 11 is 0. The summed E-state index contributed by atoms with van der Waals surface area (Å²) in [5.41, 5.74) is 2.07. The van der Waals surface area contributed by atoms with Crippen LogP contribution in [0.1, 0.15) is 18.1 Å². The van der Waals surface area contributed by atoms with Gasteiger partial charge in [-0.3, -0.25) is 4.79 Å². The van der Waals surface area contributed by atoms with Gasteiger partial charge in [-0.25, -0.2) is 8.78 Å². The summed E-state index contributed by atoms with van der Waals surface area (Å²) in [6, 6.07) is 11.7. The molecule has 0 saturated heterocycles. The zero-order valence-corrected chi connectivity index (χ0v) is 11.8. The zero-order valence-electron chi connectivity index (χ0n) is 11.8. The highest BCUT2D eigenvalue weighted by molar-refractivity contribution is 5.99. The van der Waals surface area contributed by atoms with Gasteiger partial charge >= 0.3 is 0 Å². The van der Waals surface area contributed by atoms with E-state index in [0.29, 0.717) is 16.7 Å². The van der Waals surface area contributed by atoms with Gasteiger partial charge in [-0.2, -0.15) is 0 Å². The summed E-state index contributed by atoms with van der Waals surface area (Å²) in [7, 11) is 0. The largest absolute Gasteiger partial charge is 0.295 e. The Morgan fingerprint density at radius 3 is 1.48 bits per heavy atom. The summed E-state index contributed by atoms with van der Waals surface area (Å²) in [5.74, 6) is -0.807. The van der Waals surface area contributed by atoms with Crippen LogP contribution < -0.4 is 0 Å². The molecule has 2 aromatic rings. The molecule has 0 spiro atoms. The third-order valence-corrected chi connectivity index (χ3v) is 2.66. The molecule has 0 bridgehead atoms. The van der Waals surface area contributed by atoms with Crippen molar-refractivity contribution < 1.29 is 13.6 Å². The second kappa shape index (κ2) is 7.90. The predicted molar refractivity (Wildman–Crippen MR) is 81.8 cm³/mol. The molecule has 1 nitrogen and oxygen atoms in total. The summed E-state index contributed by atoms with van der Waals surface area (Å²) in [4.78, 5) is 11.3. The van der Waals surface area contributed by atoms with Gasteiger partial charge in [0.25, 0.3) is 0 Å². The summed E-state index contributed by atoms with van der Waals surface area (Å²) in [5, 5.41) is 0. The minimum atomic E-state index is -0.343.